The van der Waals surface area contributed by atoms with E-state index in [-0.39, 0.29) is 31.3 Å². The van der Waals surface area contributed by atoms with Crippen molar-refractivity contribution in [2.75, 3.05) is 18.5 Å². The molecule has 0 unspecified atom stereocenters. The largest absolute Gasteiger partial charge is 0.461 e. The van der Waals surface area contributed by atoms with Gasteiger partial charge < -0.3 is 25.6 Å². The molecular formula is C31H40ClF3N4O5. The van der Waals surface area contributed by atoms with E-state index in [2.05, 4.69) is 16.0 Å². The number of hydrogen-bond donors (Lipinski definition) is 3. The quantitative estimate of drug-likeness (QED) is 0.227. The van der Waals surface area contributed by atoms with Crippen LogP contribution in [0.25, 0.3) is 0 Å². The molecule has 6 atom stereocenters. The predicted octanol–water partition coefficient (Wildman–Crippen LogP) is 4.61. The summed E-state index contributed by atoms with van der Waals surface area (Å²) < 4.78 is 50.1. The van der Waals surface area contributed by atoms with Crippen molar-refractivity contribution in [3.8, 4) is 0 Å². The highest BCUT2D eigenvalue weighted by atomic mass is 35.5. The predicted molar refractivity (Wildman–Crippen MR) is 159 cm³/mol. The minimum Gasteiger partial charge on any atom is -0.461 e. The fourth-order valence-electron chi connectivity index (χ4n) is 6.53. The summed E-state index contributed by atoms with van der Waals surface area (Å²) >= 11 is 6.14. The number of carbonyl (C=O) groups excluding carboxylic acids is 4. The van der Waals surface area contributed by atoms with Crippen molar-refractivity contribution in [1.82, 2.24) is 15.5 Å². The van der Waals surface area contributed by atoms with E-state index in [9.17, 15) is 23.6 Å². The van der Waals surface area contributed by atoms with Crippen molar-refractivity contribution in [2.24, 2.45) is 17.8 Å². The number of anilines is 1. The van der Waals surface area contributed by atoms with Gasteiger partial charge in [-0.3, -0.25) is 14.4 Å². The first-order valence-corrected chi connectivity index (χ1v) is 15.5. The highest BCUT2D eigenvalue weighted by Crippen LogP contribution is 2.49. The lowest BCUT2D eigenvalue weighted by Gasteiger charge is -2.54. The lowest BCUT2D eigenvalue weighted by Crippen LogP contribution is -2.70. The number of esters is 1. The molecule has 4 aliphatic rings. The molecule has 0 spiro atoms. The van der Waals surface area contributed by atoms with E-state index in [1.165, 1.54) is 11.8 Å². The van der Waals surface area contributed by atoms with Crippen LogP contribution in [0.3, 0.4) is 0 Å². The summed E-state index contributed by atoms with van der Waals surface area (Å²) in [5, 5.41) is 8.90. The summed E-state index contributed by atoms with van der Waals surface area (Å²) in [5.41, 5.74) is 0.569. The SMILES string of the molecule is CCOC(=O)/C(F)=C\[C@@H](C[C@@H]1CCNC1=O)NC(=O)[C@@H]1[C@H]2CC[C@H](CC2(F)F)N1C(=O)[C@H](CC(C)C)Nc1cccc(Cl)c1. The molecular weight excluding hydrogens is 601 g/mol. The fourth-order valence-corrected chi connectivity index (χ4v) is 6.72. The number of nitrogens with one attached hydrogen (secondary N) is 3. The molecule has 3 N–H and O–H groups in total. The second kappa shape index (κ2) is 14.2. The van der Waals surface area contributed by atoms with E-state index in [4.69, 9.17) is 16.3 Å². The van der Waals surface area contributed by atoms with Crippen molar-refractivity contribution in [3.05, 3.63) is 41.2 Å². The molecule has 0 radical (unpaired) electrons. The third kappa shape index (κ3) is 7.86. The van der Waals surface area contributed by atoms with Crippen molar-refractivity contribution >= 4 is 41.0 Å². The van der Waals surface area contributed by atoms with Gasteiger partial charge >= 0.3 is 5.97 Å². The molecule has 242 valence electrons. The van der Waals surface area contributed by atoms with Gasteiger partial charge in [-0.05, 0) is 69.2 Å². The Kier molecular flexibility index (Phi) is 10.9. The zero-order valence-corrected chi connectivity index (χ0v) is 25.8. The van der Waals surface area contributed by atoms with Crippen LogP contribution in [0.5, 0.6) is 0 Å². The van der Waals surface area contributed by atoms with Crippen LogP contribution in [-0.2, 0) is 23.9 Å². The van der Waals surface area contributed by atoms with Gasteiger partial charge in [0.1, 0.15) is 12.1 Å². The average Bonchev–Trinajstić information content (AvgIpc) is 3.35. The lowest BCUT2D eigenvalue weighted by molar-refractivity contribution is -0.194. The molecule has 5 rings (SSSR count). The maximum absolute atomic E-state index is 15.3. The molecule has 1 aromatic carbocycles. The number of fused-ring (bicyclic) bond motifs is 3. The summed E-state index contributed by atoms with van der Waals surface area (Å²) in [4.78, 5) is 53.7. The van der Waals surface area contributed by atoms with Gasteiger partial charge in [0.25, 0.3) is 5.92 Å². The first-order chi connectivity index (χ1) is 20.8. The number of rotatable bonds is 12. The summed E-state index contributed by atoms with van der Waals surface area (Å²) in [6.45, 7) is 5.67. The highest BCUT2D eigenvalue weighted by molar-refractivity contribution is 6.30. The number of ether oxygens (including phenoxy) is 1. The molecule has 0 aromatic heterocycles. The Bertz CT molecular complexity index is 1280. The molecule has 3 amide bonds. The average molecular weight is 641 g/mol. The van der Waals surface area contributed by atoms with Crippen LogP contribution >= 0.6 is 11.6 Å². The van der Waals surface area contributed by atoms with E-state index in [1.807, 2.05) is 13.8 Å². The van der Waals surface area contributed by atoms with Crippen LogP contribution in [0.4, 0.5) is 18.9 Å². The fraction of sp³-hybridized carbons (Fsp3) is 0.613. The zero-order chi connectivity index (χ0) is 32.2. The van der Waals surface area contributed by atoms with Crippen LogP contribution in [0.2, 0.25) is 5.02 Å². The topological polar surface area (TPSA) is 117 Å². The van der Waals surface area contributed by atoms with Gasteiger partial charge in [-0.15, -0.1) is 0 Å². The summed E-state index contributed by atoms with van der Waals surface area (Å²) in [5.74, 6) is -9.42. The Morgan fingerprint density at radius 2 is 1.98 bits per heavy atom. The maximum Gasteiger partial charge on any atom is 0.366 e. The molecule has 9 nitrogen and oxygen atoms in total. The summed E-state index contributed by atoms with van der Waals surface area (Å²) in [6, 6.07) is 2.33. The molecule has 1 saturated carbocycles. The number of hydrogen-bond acceptors (Lipinski definition) is 6. The van der Waals surface area contributed by atoms with Gasteiger partial charge in [-0.2, -0.15) is 4.39 Å². The van der Waals surface area contributed by atoms with E-state index in [1.54, 1.807) is 24.3 Å². The second-order valence-corrected chi connectivity index (χ2v) is 12.6. The van der Waals surface area contributed by atoms with Gasteiger partial charge in [0.15, 0.2) is 0 Å². The molecule has 1 aromatic rings. The van der Waals surface area contributed by atoms with E-state index in [0.717, 1.165) is 6.08 Å². The van der Waals surface area contributed by atoms with Crippen molar-refractivity contribution in [3.63, 3.8) is 0 Å². The number of piperidine rings is 2. The van der Waals surface area contributed by atoms with Gasteiger partial charge in [-0.1, -0.05) is 31.5 Å². The number of amides is 3. The molecule has 3 heterocycles. The monoisotopic (exact) mass is 640 g/mol. The Morgan fingerprint density at radius 3 is 2.59 bits per heavy atom. The third-order valence-electron chi connectivity index (χ3n) is 8.48. The third-order valence-corrected chi connectivity index (χ3v) is 8.71. The van der Waals surface area contributed by atoms with Crippen LogP contribution in [0.1, 0.15) is 59.3 Å². The zero-order valence-electron chi connectivity index (χ0n) is 25.1. The minimum atomic E-state index is -3.21. The minimum absolute atomic E-state index is 0.0266. The van der Waals surface area contributed by atoms with Gasteiger partial charge in [0, 0.05) is 35.6 Å². The standard InChI is InChI=1S/C31H40ClF3N4O5/c1-4-44-30(43)24(33)15-21(13-18-10-11-36-27(18)40)38-28(41)26-23-9-8-22(16-31(23,34)35)39(26)29(42)25(12-17(2)3)37-20-7-5-6-19(32)14-20/h5-7,14-15,17-18,21-23,25-26,37H,4,8-13,16H2,1-3H3,(H,36,40)(H,38,41)/b24-15+/t18-,21+,22+,23+,25-,26-/m0/s1. The Morgan fingerprint density at radius 1 is 1.23 bits per heavy atom. The second-order valence-electron chi connectivity index (χ2n) is 12.2. The Hall–Kier alpha value is -3.28. The lowest BCUT2D eigenvalue weighted by atomic mass is 9.71. The number of nitrogens with zero attached hydrogens (tertiary/aromatic N) is 1. The highest BCUT2D eigenvalue weighted by Gasteiger charge is 2.61. The molecule has 2 bridgehead atoms. The van der Waals surface area contributed by atoms with E-state index >= 15 is 8.78 Å². The first-order valence-electron chi connectivity index (χ1n) is 15.1. The normalized spacial score (nSPS) is 25.8. The summed E-state index contributed by atoms with van der Waals surface area (Å²) in [6.07, 6.45) is 1.32. The van der Waals surface area contributed by atoms with Crippen molar-refractivity contribution < 1.29 is 37.1 Å². The van der Waals surface area contributed by atoms with Crippen molar-refractivity contribution in [2.45, 2.75) is 89.4 Å². The smallest absolute Gasteiger partial charge is 0.366 e. The number of alkyl halides is 2. The summed E-state index contributed by atoms with van der Waals surface area (Å²) in [7, 11) is 0. The molecule has 4 fully saturated rings. The molecule has 3 aliphatic heterocycles. The van der Waals surface area contributed by atoms with Crippen LogP contribution in [0.15, 0.2) is 36.2 Å². The number of halogens is 4. The number of carbonyl (C=O) groups is 4. The number of benzene rings is 1. The Balaban J connectivity index is 1.65. The van der Waals surface area contributed by atoms with Gasteiger partial charge in [0.05, 0.1) is 18.6 Å². The van der Waals surface area contributed by atoms with Crippen molar-refractivity contribution in [1.29, 1.82) is 0 Å². The molecule has 1 aliphatic carbocycles. The van der Waals surface area contributed by atoms with E-state index in [0.29, 0.717) is 36.5 Å². The Labute approximate surface area is 260 Å². The maximum atomic E-state index is 15.3. The van der Waals surface area contributed by atoms with Gasteiger partial charge in [0.2, 0.25) is 23.5 Å². The van der Waals surface area contributed by atoms with Crippen LogP contribution in [-0.4, -0.2) is 71.8 Å². The van der Waals surface area contributed by atoms with Crippen LogP contribution in [0, 0.1) is 17.8 Å². The first kappa shape index (κ1) is 33.6. The van der Waals surface area contributed by atoms with Gasteiger partial charge in [-0.25, -0.2) is 13.6 Å². The van der Waals surface area contributed by atoms with E-state index < -0.39 is 72.0 Å². The molecule has 3 saturated heterocycles. The van der Waals surface area contributed by atoms with Crippen LogP contribution < -0.4 is 16.0 Å². The molecule has 13 heteroatoms. The molecule has 44 heavy (non-hydrogen) atoms.